The average Bonchev–Trinajstić information content (AvgIpc) is 3.26. The number of benzene rings is 2. The van der Waals surface area contributed by atoms with Crippen molar-refractivity contribution in [2.24, 2.45) is 0 Å². The number of fused-ring (bicyclic) bond motifs is 1. The van der Waals surface area contributed by atoms with Gasteiger partial charge in [-0.1, -0.05) is 29.8 Å². The van der Waals surface area contributed by atoms with E-state index in [1.54, 1.807) is 6.92 Å². The Morgan fingerprint density at radius 2 is 1.81 bits per heavy atom. The Morgan fingerprint density at radius 1 is 1.03 bits per heavy atom. The van der Waals surface area contributed by atoms with E-state index >= 15 is 0 Å². The molecule has 8 heteroatoms. The summed E-state index contributed by atoms with van der Waals surface area (Å²) in [6.45, 7) is 8.40. The molecule has 36 heavy (non-hydrogen) atoms. The number of aryl methyl sites for hydroxylation is 3. The van der Waals surface area contributed by atoms with Gasteiger partial charge in [0.1, 0.15) is 11.3 Å². The van der Waals surface area contributed by atoms with Gasteiger partial charge in [0.25, 0.3) is 0 Å². The zero-order valence-electron chi connectivity index (χ0n) is 21.0. The molecule has 186 valence electrons. The maximum Gasteiger partial charge on any atom is 0.343 e. The van der Waals surface area contributed by atoms with Crippen molar-refractivity contribution in [1.82, 2.24) is 14.8 Å². The Labute approximate surface area is 210 Å². The second-order valence-electron chi connectivity index (χ2n) is 8.63. The van der Waals surface area contributed by atoms with E-state index < -0.39 is 5.97 Å². The first-order valence-corrected chi connectivity index (χ1v) is 12.0. The molecule has 0 unspecified atom stereocenters. The number of anilines is 1. The fraction of sp³-hybridized carbons (Fsp3) is 0.286. The molecule has 0 aliphatic rings. The second kappa shape index (κ2) is 11.0. The molecule has 0 aliphatic carbocycles. The van der Waals surface area contributed by atoms with Crippen molar-refractivity contribution < 1.29 is 19.1 Å². The number of hydrogen-bond donors (Lipinski definition) is 1. The summed E-state index contributed by atoms with van der Waals surface area (Å²) in [5, 5.41) is 8.29. The SMILES string of the molecule is CCOC(=O)c1cnn(-c2cc(C)c3cc(C)cc(C)c3n2)c1NC(=O)CCCOc1ccccc1. The molecule has 1 N–H and O–H groups in total. The number of nitrogens with one attached hydrogen (secondary N) is 1. The van der Waals surface area contributed by atoms with Gasteiger partial charge in [-0.15, -0.1) is 0 Å². The van der Waals surface area contributed by atoms with Crippen LogP contribution in [0.4, 0.5) is 5.82 Å². The van der Waals surface area contributed by atoms with Gasteiger partial charge in [-0.3, -0.25) is 4.79 Å². The van der Waals surface area contributed by atoms with Gasteiger partial charge >= 0.3 is 5.97 Å². The first kappa shape index (κ1) is 24.9. The number of ether oxygens (including phenoxy) is 2. The van der Waals surface area contributed by atoms with Gasteiger partial charge in [-0.05, 0) is 69.5 Å². The lowest BCUT2D eigenvalue weighted by Crippen LogP contribution is -2.19. The lowest BCUT2D eigenvalue weighted by molar-refractivity contribution is -0.116. The Hall–Kier alpha value is -4.20. The van der Waals surface area contributed by atoms with Crippen LogP contribution in [0.5, 0.6) is 5.75 Å². The van der Waals surface area contributed by atoms with Crippen LogP contribution in [0.3, 0.4) is 0 Å². The first-order chi connectivity index (χ1) is 17.4. The molecule has 2 aromatic heterocycles. The smallest absolute Gasteiger partial charge is 0.343 e. The van der Waals surface area contributed by atoms with E-state index in [1.807, 2.05) is 50.2 Å². The summed E-state index contributed by atoms with van der Waals surface area (Å²) in [4.78, 5) is 30.3. The van der Waals surface area contributed by atoms with Gasteiger partial charge in [0.05, 0.1) is 24.9 Å². The molecule has 0 fully saturated rings. The number of hydrogen-bond acceptors (Lipinski definition) is 6. The molecular weight excluding hydrogens is 456 g/mol. The van der Waals surface area contributed by atoms with E-state index in [0.717, 1.165) is 33.3 Å². The quantitative estimate of drug-likeness (QED) is 0.254. The molecule has 0 spiro atoms. The largest absolute Gasteiger partial charge is 0.494 e. The van der Waals surface area contributed by atoms with Crippen LogP contribution in [-0.2, 0) is 9.53 Å². The molecule has 2 heterocycles. The highest BCUT2D eigenvalue weighted by Crippen LogP contribution is 2.27. The fourth-order valence-corrected chi connectivity index (χ4v) is 4.07. The minimum atomic E-state index is -0.559. The summed E-state index contributed by atoms with van der Waals surface area (Å²) in [6, 6.07) is 15.5. The van der Waals surface area contributed by atoms with Crippen molar-refractivity contribution in [3.8, 4) is 11.6 Å². The van der Waals surface area contributed by atoms with Gasteiger partial charge < -0.3 is 14.8 Å². The van der Waals surface area contributed by atoms with Crippen molar-refractivity contribution in [2.75, 3.05) is 18.5 Å². The van der Waals surface area contributed by atoms with Crippen molar-refractivity contribution >= 4 is 28.6 Å². The molecule has 8 nitrogen and oxygen atoms in total. The number of nitrogens with zero attached hydrogens (tertiary/aromatic N) is 3. The van der Waals surface area contributed by atoms with Crippen LogP contribution >= 0.6 is 0 Å². The third kappa shape index (κ3) is 5.54. The van der Waals surface area contributed by atoms with Gasteiger partial charge in [0.2, 0.25) is 5.91 Å². The number of esters is 1. The van der Waals surface area contributed by atoms with E-state index in [0.29, 0.717) is 18.8 Å². The average molecular weight is 487 g/mol. The first-order valence-electron chi connectivity index (χ1n) is 12.0. The molecule has 0 bridgehead atoms. The summed E-state index contributed by atoms with van der Waals surface area (Å²) >= 11 is 0. The number of pyridine rings is 1. The van der Waals surface area contributed by atoms with Crippen molar-refractivity contribution in [3.05, 3.63) is 77.0 Å². The molecule has 0 saturated heterocycles. The monoisotopic (exact) mass is 486 g/mol. The molecule has 0 saturated carbocycles. The highest BCUT2D eigenvalue weighted by atomic mass is 16.5. The minimum absolute atomic E-state index is 0.172. The minimum Gasteiger partial charge on any atom is -0.494 e. The van der Waals surface area contributed by atoms with Crippen LogP contribution < -0.4 is 10.1 Å². The number of aromatic nitrogens is 3. The lowest BCUT2D eigenvalue weighted by Gasteiger charge is -2.13. The van der Waals surface area contributed by atoms with Gasteiger partial charge in [-0.25, -0.2) is 9.78 Å². The zero-order valence-corrected chi connectivity index (χ0v) is 21.0. The van der Waals surface area contributed by atoms with E-state index in [9.17, 15) is 9.59 Å². The number of carbonyl (C=O) groups is 2. The van der Waals surface area contributed by atoms with Crippen LogP contribution in [0.2, 0.25) is 0 Å². The number of carbonyl (C=O) groups excluding carboxylic acids is 2. The summed E-state index contributed by atoms with van der Waals surface area (Å²) < 4.78 is 12.3. The number of para-hydroxylation sites is 1. The molecular formula is C28H30N4O4. The molecule has 4 aromatic rings. The predicted molar refractivity (Wildman–Crippen MR) is 139 cm³/mol. The number of rotatable bonds is 9. The summed E-state index contributed by atoms with van der Waals surface area (Å²) in [5.74, 6) is 0.673. The van der Waals surface area contributed by atoms with Gasteiger partial charge in [0.15, 0.2) is 11.6 Å². The topological polar surface area (TPSA) is 95.3 Å². The highest BCUT2D eigenvalue weighted by Gasteiger charge is 2.22. The normalized spacial score (nSPS) is 10.9. The van der Waals surface area contributed by atoms with Crippen LogP contribution in [0.15, 0.2) is 54.7 Å². The second-order valence-corrected chi connectivity index (χ2v) is 8.63. The van der Waals surface area contributed by atoms with E-state index in [4.69, 9.17) is 14.5 Å². The molecule has 2 aromatic carbocycles. The van der Waals surface area contributed by atoms with Crippen molar-refractivity contribution in [3.63, 3.8) is 0 Å². The molecule has 1 amide bonds. The summed E-state index contributed by atoms with van der Waals surface area (Å²) in [7, 11) is 0. The predicted octanol–water partition coefficient (Wildman–Crippen LogP) is 5.32. The molecule has 0 aliphatic heterocycles. The molecule has 0 atom stereocenters. The van der Waals surface area contributed by atoms with Gasteiger partial charge in [0, 0.05) is 11.8 Å². The fourth-order valence-electron chi connectivity index (χ4n) is 4.07. The summed E-state index contributed by atoms with van der Waals surface area (Å²) in [5.41, 5.74) is 4.23. The van der Waals surface area contributed by atoms with E-state index in [1.165, 1.54) is 10.9 Å². The highest BCUT2D eigenvalue weighted by molar-refractivity contribution is 6.00. The van der Waals surface area contributed by atoms with Crippen LogP contribution in [-0.4, -0.2) is 39.9 Å². The van der Waals surface area contributed by atoms with Crippen LogP contribution in [0, 0.1) is 20.8 Å². The third-order valence-electron chi connectivity index (χ3n) is 5.74. The van der Waals surface area contributed by atoms with Crippen LogP contribution in [0.25, 0.3) is 16.7 Å². The summed E-state index contributed by atoms with van der Waals surface area (Å²) in [6.07, 6.45) is 2.12. The van der Waals surface area contributed by atoms with Gasteiger partial charge in [-0.2, -0.15) is 9.78 Å². The maximum atomic E-state index is 12.8. The van der Waals surface area contributed by atoms with E-state index in [-0.39, 0.29) is 30.3 Å². The third-order valence-corrected chi connectivity index (χ3v) is 5.74. The zero-order chi connectivity index (χ0) is 25.7. The Balaban J connectivity index is 1.59. The molecule has 4 rings (SSSR count). The number of amides is 1. The Morgan fingerprint density at radius 3 is 2.56 bits per heavy atom. The van der Waals surface area contributed by atoms with Crippen molar-refractivity contribution in [1.29, 1.82) is 0 Å². The van der Waals surface area contributed by atoms with Crippen molar-refractivity contribution in [2.45, 2.75) is 40.5 Å². The van der Waals surface area contributed by atoms with Crippen LogP contribution in [0.1, 0.15) is 46.8 Å². The Kier molecular flexibility index (Phi) is 7.63. The lowest BCUT2D eigenvalue weighted by atomic mass is 10.0. The standard InChI is InChI=1S/C28H30N4O4/c1-5-35-28(34)23-17-29-32(24-16-19(3)22-15-18(2)14-20(4)26(22)30-24)27(23)31-25(33)12-9-13-36-21-10-7-6-8-11-21/h6-8,10-11,14-17H,5,9,12-13H2,1-4H3,(H,31,33). The maximum absolute atomic E-state index is 12.8. The van der Waals surface area contributed by atoms with E-state index in [2.05, 4.69) is 29.5 Å². The Bertz CT molecular complexity index is 1400. The molecule has 0 radical (unpaired) electrons.